The first-order chi connectivity index (χ1) is 23.3. The lowest BCUT2D eigenvalue weighted by Crippen LogP contribution is -2.42. The van der Waals surface area contributed by atoms with Gasteiger partial charge in [-0.25, -0.2) is 9.59 Å². The molecule has 10 nitrogen and oxygen atoms in total. The molecule has 0 saturated heterocycles. The molecule has 48 heavy (non-hydrogen) atoms. The second-order valence-electron chi connectivity index (χ2n) is 11.1. The van der Waals surface area contributed by atoms with Gasteiger partial charge in [-0.1, -0.05) is 56.9 Å². The molecule has 1 atom stereocenters. The van der Waals surface area contributed by atoms with Crippen LogP contribution < -0.4 is 24.8 Å². The number of esters is 1. The molecule has 0 heterocycles. The summed E-state index contributed by atoms with van der Waals surface area (Å²) in [5.41, 5.74) is 2.02. The van der Waals surface area contributed by atoms with Gasteiger partial charge in [-0.3, -0.25) is 9.59 Å². The molecule has 10 heteroatoms. The van der Waals surface area contributed by atoms with Gasteiger partial charge in [0.25, 0.3) is 11.8 Å². The Morgan fingerprint density at radius 3 is 2.04 bits per heavy atom. The van der Waals surface area contributed by atoms with E-state index in [0.717, 1.165) is 12.8 Å². The van der Waals surface area contributed by atoms with Crippen LogP contribution in [0.25, 0.3) is 0 Å². The number of carbonyl (C=O) groups excluding carboxylic acids is 3. The number of hydrogen-bond acceptors (Lipinski definition) is 7. The van der Waals surface area contributed by atoms with Crippen LogP contribution in [0.1, 0.15) is 75.7 Å². The van der Waals surface area contributed by atoms with Crippen molar-refractivity contribution in [2.45, 2.75) is 51.5 Å². The predicted molar refractivity (Wildman–Crippen MR) is 182 cm³/mol. The number of rotatable bonds is 17. The molecule has 0 unspecified atom stereocenters. The Labute approximate surface area is 280 Å². The lowest BCUT2D eigenvalue weighted by molar-refractivity contribution is -0.139. The number of nitrogens with one attached hydrogen (secondary N) is 2. The monoisotopic (exact) mass is 652 g/mol. The topological polar surface area (TPSA) is 140 Å². The molecule has 0 fully saturated rings. The van der Waals surface area contributed by atoms with E-state index in [-0.39, 0.29) is 17.9 Å². The highest BCUT2D eigenvalue weighted by Gasteiger charge is 2.22. The minimum atomic E-state index is -1.21. The molecule has 2 amide bonds. The zero-order valence-corrected chi connectivity index (χ0v) is 27.1. The molecule has 0 radical (unpaired) electrons. The summed E-state index contributed by atoms with van der Waals surface area (Å²) in [5, 5.41) is 15.1. The molecule has 250 valence electrons. The number of amides is 2. The van der Waals surface area contributed by atoms with Crippen molar-refractivity contribution in [2.24, 2.45) is 0 Å². The number of carboxylic acid groups (broad SMARTS) is 1. The van der Waals surface area contributed by atoms with Crippen LogP contribution in [0.4, 0.5) is 5.69 Å². The third kappa shape index (κ3) is 10.4. The highest BCUT2D eigenvalue weighted by Crippen LogP contribution is 2.21. The Hall–Kier alpha value is -5.64. The van der Waals surface area contributed by atoms with Crippen LogP contribution in [0.15, 0.2) is 97.1 Å². The average molecular weight is 653 g/mol. The van der Waals surface area contributed by atoms with Crippen LogP contribution in [0.3, 0.4) is 0 Å². The lowest BCUT2D eigenvalue weighted by atomic mass is 10.0. The lowest BCUT2D eigenvalue weighted by Gasteiger charge is -2.15. The van der Waals surface area contributed by atoms with Crippen molar-refractivity contribution in [3.05, 3.63) is 119 Å². The summed E-state index contributed by atoms with van der Waals surface area (Å²) in [7, 11) is 1.48. The van der Waals surface area contributed by atoms with Gasteiger partial charge in [-0.05, 0) is 84.8 Å². The van der Waals surface area contributed by atoms with Gasteiger partial charge in [0.05, 0.1) is 24.8 Å². The van der Waals surface area contributed by atoms with Crippen molar-refractivity contribution in [3.63, 3.8) is 0 Å². The minimum Gasteiger partial charge on any atom is -0.496 e. The molecule has 0 saturated carbocycles. The second-order valence-corrected chi connectivity index (χ2v) is 11.1. The molecule has 4 rings (SSSR count). The number of ether oxygens (including phenoxy) is 3. The molecule has 4 aromatic rings. The summed E-state index contributed by atoms with van der Waals surface area (Å²) >= 11 is 0. The van der Waals surface area contributed by atoms with Gasteiger partial charge in [0.15, 0.2) is 0 Å². The summed E-state index contributed by atoms with van der Waals surface area (Å²) in [5.74, 6) is -1.28. The second kappa shape index (κ2) is 17.9. The van der Waals surface area contributed by atoms with E-state index in [0.29, 0.717) is 46.2 Å². The molecule has 0 spiro atoms. The van der Waals surface area contributed by atoms with E-state index in [1.807, 2.05) is 0 Å². The summed E-state index contributed by atoms with van der Waals surface area (Å²) in [6.07, 6.45) is 5.75. The van der Waals surface area contributed by atoms with Crippen LogP contribution in [0.2, 0.25) is 0 Å². The van der Waals surface area contributed by atoms with Crippen LogP contribution in [-0.2, 0) is 11.2 Å². The number of aliphatic carboxylic acids is 1. The third-order valence-electron chi connectivity index (χ3n) is 7.54. The van der Waals surface area contributed by atoms with Gasteiger partial charge in [0, 0.05) is 17.7 Å². The number of hydrogen-bond donors (Lipinski definition) is 3. The molecular formula is C38H40N2O8. The SMILES string of the molecule is CCCCCCCOc1ccc(C(=O)Oc2ccc(C[C@H](NC(=O)c3ccc(NC(=O)c4ccccc4OC)cc3)C(=O)O)cc2)cc1. The number of carboxylic acids is 1. The normalized spacial score (nSPS) is 11.2. The largest absolute Gasteiger partial charge is 0.496 e. The molecule has 0 aromatic heterocycles. The molecule has 3 N–H and O–H groups in total. The Kier molecular flexibility index (Phi) is 13.1. The fraction of sp³-hybridized carbons (Fsp3) is 0.263. The van der Waals surface area contributed by atoms with Crippen molar-refractivity contribution < 1.29 is 38.5 Å². The summed E-state index contributed by atoms with van der Waals surface area (Å²) in [4.78, 5) is 50.2. The third-order valence-corrected chi connectivity index (χ3v) is 7.54. The maximum atomic E-state index is 12.9. The van der Waals surface area contributed by atoms with Crippen LogP contribution in [0, 0.1) is 0 Å². The van der Waals surface area contributed by atoms with Crippen molar-refractivity contribution >= 4 is 29.4 Å². The molecule has 0 aliphatic heterocycles. The zero-order valence-electron chi connectivity index (χ0n) is 27.1. The highest BCUT2D eigenvalue weighted by atomic mass is 16.5. The number of carbonyl (C=O) groups is 4. The van der Waals surface area contributed by atoms with E-state index in [4.69, 9.17) is 14.2 Å². The van der Waals surface area contributed by atoms with Crippen molar-refractivity contribution in [3.8, 4) is 17.2 Å². The maximum absolute atomic E-state index is 12.9. The van der Waals surface area contributed by atoms with Crippen LogP contribution >= 0.6 is 0 Å². The van der Waals surface area contributed by atoms with Gasteiger partial charge in [-0.2, -0.15) is 0 Å². The molecule has 0 aliphatic carbocycles. The highest BCUT2D eigenvalue weighted by molar-refractivity contribution is 6.06. The van der Waals surface area contributed by atoms with Gasteiger partial charge in [0.1, 0.15) is 23.3 Å². The Bertz CT molecular complexity index is 1670. The standard InChI is InChI=1S/C38H40N2O8/c1-3-4-5-6-9-24-47-30-22-16-28(17-23-30)38(45)48-31-20-12-26(13-21-31)25-33(37(43)44)40-35(41)27-14-18-29(19-15-27)39-36(42)32-10-7-8-11-34(32)46-2/h7-8,10-23,33H,3-6,9,24-25H2,1-2H3,(H,39,42)(H,40,41)(H,43,44)/t33-/m0/s1. The van der Waals surface area contributed by atoms with E-state index in [1.165, 1.54) is 38.5 Å². The first-order valence-corrected chi connectivity index (χ1v) is 15.9. The predicted octanol–water partition coefficient (Wildman–Crippen LogP) is 6.94. The van der Waals surface area contributed by atoms with E-state index >= 15 is 0 Å². The van der Waals surface area contributed by atoms with Crippen LogP contribution in [0.5, 0.6) is 17.2 Å². The Morgan fingerprint density at radius 2 is 1.38 bits per heavy atom. The fourth-order valence-corrected chi connectivity index (χ4v) is 4.86. The zero-order chi connectivity index (χ0) is 34.3. The Morgan fingerprint density at radius 1 is 0.729 bits per heavy atom. The van der Waals surface area contributed by atoms with Gasteiger partial charge in [0.2, 0.25) is 0 Å². The van der Waals surface area contributed by atoms with Gasteiger partial charge in [-0.15, -0.1) is 0 Å². The number of methoxy groups -OCH3 is 1. The van der Waals surface area contributed by atoms with Crippen molar-refractivity contribution in [1.82, 2.24) is 5.32 Å². The van der Waals surface area contributed by atoms with Gasteiger partial charge >= 0.3 is 11.9 Å². The average Bonchev–Trinajstić information content (AvgIpc) is 3.10. The summed E-state index contributed by atoms with van der Waals surface area (Å²) in [6, 6.07) is 24.9. The van der Waals surface area contributed by atoms with E-state index < -0.39 is 23.9 Å². The van der Waals surface area contributed by atoms with Crippen LogP contribution in [-0.4, -0.2) is 48.6 Å². The number of anilines is 1. The minimum absolute atomic E-state index is 0.00240. The summed E-state index contributed by atoms with van der Waals surface area (Å²) in [6.45, 7) is 2.81. The summed E-state index contributed by atoms with van der Waals surface area (Å²) < 4.78 is 16.5. The molecule has 4 aromatic carbocycles. The molecular weight excluding hydrogens is 612 g/mol. The molecule has 0 bridgehead atoms. The van der Waals surface area contributed by atoms with E-state index in [9.17, 15) is 24.3 Å². The number of benzene rings is 4. The van der Waals surface area contributed by atoms with E-state index in [1.54, 1.807) is 84.9 Å². The molecule has 0 aliphatic rings. The number of unbranched alkanes of at least 4 members (excludes halogenated alkanes) is 4. The quantitative estimate of drug-likeness (QED) is 0.0633. The first kappa shape index (κ1) is 35.2. The van der Waals surface area contributed by atoms with Crippen molar-refractivity contribution in [1.29, 1.82) is 0 Å². The van der Waals surface area contributed by atoms with Gasteiger partial charge < -0.3 is 30.0 Å². The fourth-order valence-electron chi connectivity index (χ4n) is 4.86. The Balaban J connectivity index is 1.27. The van der Waals surface area contributed by atoms with Crippen molar-refractivity contribution in [2.75, 3.05) is 19.0 Å². The van der Waals surface area contributed by atoms with E-state index in [2.05, 4.69) is 17.6 Å². The smallest absolute Gasteiger partial charge is 0.343 e. The first-order valence-electron chi connectivity index (χ1n) is 15.9. The maximum Gasteiger partial charge on any atom is 0.343 e. The number of para-hydroxylation sites is 1.